The van der Waals surface area contributed by atoms with Crippen LogP contribution >= 0.6 is 0 Å². The van der Waals surface area contributed by atoms with Gasteiger partial charge in [-0.1, -0.05) is 320 Å². The van der Waals surface area contributed by atoms with Crippen molar-refractivity contribution in [3.8, 4) is 0 Å². The van der Waals surface area contributed by atoms with Crippen LogP contribution < -0.4 is 0 Å². The van der Waals surface area contributed by atoms with Crippen LogP contribution in [0, 0.1) is 0 Å². The monoisotopic (exact) mass is 1090 g/mol. The Labute approximate surface area is 486 Å². The maximum absolute atomic E-state index is 12.9. The molecular formula is C72H132O6. The maximum atomic E-state index is 12.9. The number of carbonyl (C=O) groups is 3. The van der Waals surface area contributed by atoms with Gasteiger partial charge in [0.25, 0.3) is 0 Å². The smallest absolute Gasteiger partial charge is 0.306 e. The van der Waals surface area contributed by atoms with Crippen LogP contribution in [0.5, 0.6) is 0 Å². The van der Waals surface area contributed by atoms with E-state index in [1.165, 1.54) is 263 Å². The van der Waals surface area contributed by atoms with Crippen LogP contribution in [0.3, 0.4) is 0 Å². The average Bonchev–Trinajstić information content (AvgIpc) is 3.44. The second-order valence-electron chi connectivity index (χ2n) is 23.4. The number of unbranched alkanes of at least 4 members (excludes halogenated alkanes) is 45. The number of allylic oxidation sites excluding steroid dienone is 8. The van der Waals surface area contributed by atoms with Gasteiger partial charge in [0.15, 0.2) is 6.10 Å². The lowest BCUT2D eigenvalue weighted by molar-refractivity contribution is -0.167. The summed E-state index contributed by atoms with van der Waals surface area (Å²) in [5.74, 6) is -0.856. The van der Waals surface area contributed by atoms with Gasteiger partial charge in [0, 0.05) is 19.3 Å². The van der Waals surface area contributed by atoms with Gasteiger partial charge in [-0.15, -0.1) is 0 Å². The lowest BCUT2D eigenvalue weighted by Gasteiger charge is -2.18. The zero-order chi connectivity index (χ0) is 56.4. The molecule has 6 heteroatoms. The molecule has 0 aromatic rings. The fourth-order valence-corrected chi connectivity index (χ4v) is 10.3. The molecule has 456 valence electrons. The van der Waals surface area contributed by atoms with E-state index < -0.39 is 6.10 Å². The highest BCUT2D eigenvalue weighted by atomic mass is 16.6. The van der Waals surface area contributed by atoms with E-state index in [0.29, 0.717) is 19.3 Å². The number of ether oxygens (including phenoxy) is 3. The largest absolute Gasteiger partial charge is 0.462 e. The van der Waals surface area contributed by atoms with Crippen molar-refractivity contribution in [3.05, 3.63) is 48.6 Å². The SMILES string of the molecule is CCCCC/C=C\C/C=C\CCCCCCCCCCCC(=O)OC(COC(=O)CCCCCCCCCC)COC(=O)CCCCCCCCCCCCCCCCCCCCCCC/C=C\C/C=C\CCCCCCC. The summed E-state index contributed by atoms with van der Waals surface area (Å²) in [6.07, 6.45) is 84.5. The molecule has 0 saturated heterocycles. The standard InChI is InChI=1S/C72H132O6/c1-4-7-10-13-16-19-21-23-25-27-29-30-31-32-33-34-35-36-37-38-39-40-41-42-44-45-47-49-51-53-56-59-62-65-71(74)77-68-69(67-76-70(73)64-61-58-55-18-15-12-9-6-3)78-72(75)66-63-60-57-54-52-50-48-46-43-28-26-24-22-20-17-14-11-8-5-2/h17,20-21,23-24,26-27,29,69H,4-16,18-19,22,25,28,30-68H2,1-3H3/b20-17-,23-21-,26-24-,29-27-. The molecule has 0 heterocycles. The van der Waals surface area contributed by atoms with Crippen molar-refractivity contribution in [2.75, 3.05) is 13.2 Å². The second-order valence-corrected chi connectivity index (χ2v) is 23.4. The Morgan fingerprint density at radius 3 is 0.731 bits per heavy atom. The number of hydrogen-bond donors (Lipinski definition) is 0. The van der Waals surface area contributed by atoms with E-state index in [4.69, 9.17) is 14.2 Å². The van der Waals surface area contributed by atoms with Gasteiger partial charge in [-0.3, -0.25) is 14.4 Å². The normalized spacial score (nSPS) is 12.3. The molecule has 1 atom stereocenters. The van der Waals surface area contributed by atoms with Crippen LogP contribution in [0.2, 0.25) is 0 Å². The predicted octanol–water partition coefficient (Wildman–Crippen LogP) is 23.7. The highest BCUT2D eigenvalue weighted by Gasteiger charge is 2.19. The van der Waals surface area contributed by atoms with Crippen LogP contribution in [0.1, 0.15) is 374 Å². The van der Waals surface area contributed by atoms with E-state index >= 15 is 0 Å². The molecule has 6 nitrogen and oxygen atoms in total. The molecule has 0 radical (unpaired) electrons. The van der Waals surface area contributed by atoms with E-state index in [-0.39, 0.29) is 31.1 Å². The van der Waals surface area contributed by atoms with Crippen LogP contribution in [0.25, 0.3) is 0 Å². The van der Waals surface area contributed by atoms with Crippen molar-refractivity contribution < 1.29 is 28.6 Å². The van der Waals surface area contributed by atoms with E-state index in [9.17, 15) is 14.4 Å². The van der Waals surface area contributed by atoms with Gasteiger partial charge in [0.2, 0.25) is 0 Å². The van der Waals surface area contributed by atoms with Gasteiger partial charge in [0.05, 0.1) is 0 Å². The Balaban J connectivity index is 4.01. The molecule has 0 saturated carbocycles. The summed E-state index contributed by atoms with van der Waals surface area (Å²) in [5, 5.41) is 0. The third-order valence-corrected chi connectivity index (χ3v) is 15.6. The third kappa shape index (κ3) is 64.2. The molecule has 0 aliphatic rings. The lowest BCUT2D eigenvalue weighted by atomic mass is 10.0. The molecule has 0 aromatic carbocycles. The van der Waals surface area contributed by atoms with Crippen molar-refractivity contribution in [1.29, 1.82) is 0 Å². The highest BCUT2D eigenvalue weighted by molar-refractivity contribution is 5.71. The van der Waals surface area contributed by atoms with Crippen LogP contribution in [-0.2, 0) is 28.6 Å². The summed E-state index contributed by atoms with van der Waals surface area (Å²) in [4.78, 5) is 38.2. The third-order valence-electron chi connectivity index (χ3n) is 15.6. The number of rotatable bonds is 64. The number of carbonyl (C=O) groups excluding carboxylic acids is 3. The predicted molar refractivity (Wildman–Crippen MR) is 339 cm³/mol. The zero-order valence-electron chi connectivity index (χ0n) is 52.5. The molecule has 0 aliphatic carbocycles. The molecule has 0 amide bonds. The molecule has 0 aromatic heterocycles. The first kappa shape index (κ1) is 75.4. The number of hydrogen-bond acceptors (Lipinski definition) is 6. The fourth-order valence-electron chi connectivity index (χ4n) is 10.3. The van der Waals surface area contributed by atoms with Crippen molar-refractivity contribution >= 4 is 17.9 Å². The summed E-state index contributed by atoms with van der Waals surface area (Å²) in [6, 6.07) is 0. The quantitative estimate of drug-likeness (QED) is 0.0261. The molecule has 78 heavy (non-hydrogen) atoms. The second kappa shape index (κ2) is 66.9. The molecule has 0 spiro atoms. The van der Waals surface area contributed by atoms with Crippen LogP contribution in [0.15, 0.2) is 48.6 Å². The molecular weight excluding hydrogens is 961 g/mol. The van der Waals surface area contributed by atoms with Crippen LogP contribution in [0.4, 0.5) is 0 Å². The first-order chi connectivity index (χ1) is 38.5. The van der Waals surface area contributed by atoms with Gasteiger partial charge in [0.1, 0.15) is 13.2 Å². The molecule has 0 bridgehead atoms. The van der Waals surface area contributed by atoms with Crippen molar-refractivity contribution in [3.63, 3.8) is 0 Å². The van der Waals surface area contributed by atoms with E-state index in [1.807, 2.05) is 0 Å². The minimum absolute atomic E-state index is 0.0698. The fraction of sp³-hybridized carbons (Fsp3) is 0.847. The first-order valence-electron chi connectivity index (χ1n) is 34.6. The van der Waals surface area contributed by atoms with Crippen molar-refractivity contribution in [2.24, 2.45) is 0 Å². The van der Waals surface area contributed by atoms with Gasteiger partial charge < -0.3 is 14.2 Å². The Bertz CT molecular complexity index is 1350. The van der Waals surface area contributed by atoms with E-state index in [0.717, 1.165) is 70.6 Å². The van der Waals surface area contributed by atoms with Crippen molar-refractivity contribution in [1.82, 2.24) is 0 Å². The van der Waals surface area contributed by atoms with Gasteiger partial charge in [-0.2, -0.15) is 0 Å². The zero-order valence-corrected chi connectivity index (χ0v) is 52.5. The molecule has 0 aliphatic heterocycles. The van der Waals surface area contributed by atoms with Gasteiger partial charge in [-0.05, 0) is 83.5 Å². The summed E-state index contributed by atoms with van der Waals surface area (Å²) < 4.78 is 16.9. The summed E-state index contributed by atoms with van der Waals surface area (Å²) in [5.41, 5.74) is 0. The molecule has 0 rings (SSSR count). The first-order valence-corrected chi connectivity index (χ1v) is 34.6. The number of esters is 3. The summed E-state index contributed by atoms with van der Waals surface area (Å²) in [7, 11) is 0. The molecule has 0 N–H and O–H groups in total. The molecule has 0 fully saturated rings. The average molecular weight is 1090 g/mol. The van der Waals surface area contributed by atoms with E-state index in [2.05, 4.69) is 69.4 Å². The maximum Gasteiger partial charge on any atom is 0.306 e. The lowest BCUT2D eigenvalue weighted by Crippen LogP contribution is -2.30. The Morgan fingerprint density at radius 1 is 0.256 bits per heavy atom. The minimum atomic E-state index is -0.771. The van der Waals surface area contributed by atoms with Crippen LogP contribution in [-0.4, -0.2) is 37.2 Å². The Hall–Kier alpha value is -2.63. The topological polar surface area (TPSA) is 78.9 Å². The summed E-state index contributed by atoms with van der Waals surface area (Å²) in [6.45, 7) is 6.62. The minimum Gasteiger partial charge on any atom is -0.462 e. The summed E-state index contributed by atoms with van der Waals surface area (Å²) >= 11 is 0. The van der Waals surface area contributed by atoms with E-state index in [1.54, 1.807) is 0 Å². The highest BCUT2D eigenvalue weighted by Crippen LogP contribution is 2.18. The Kier molecular flexibility index (Phi) is 64.6. The molecule has 1 unspecified atom stereocenters. The Morgan fingerprint density at radius 2 is 0.462 bits per heavy atom. The van der Waals surface area contributed by atoms with Crippen molar-refractivity contribution in [2.45, 2.75) is 380 Å². The van der Waals surface area contributed by atoms with Gasteiger partial charge >= 0.3 is 17.9 Å². The van der Waals surface area contributed by atoms with Gasteiger partial charge in [-0.25, -0.2) is 0 Å².